The lowest BCUT2D eigenvalue weighted by Gasteiger charge is -2.11. The van der Waals surface area contributed by atoms with Gasteiger partial charge in [0.1, 0.15) is 11.4 Å². The first kappa shape index (κ1) is 13.7. The molecule has 0 fully saturated rings. The second-order valence-corrected chi connectivity index (χ2v) is 4.57. The minimum absolute atomic E-state index is 0.231. The number of hydrogen-bond donors (Lipinski definition) is 0. The van der Waals surface area contributed by atoms with Crippen LogP contribution in [0.4, 0.5) is 0 Å². The first-order chi connectivity index (χ1) is 9.17. The molecule has 1 aromatic carbocycles. The molecule has 0 amide bonds. The number of pyridine rings is 1. The van der Waals surface area contributed by atoms with Crippen LogP contribution in [0.1, 0.15) is 5.69 Å². The molecule has 3 nitrogen and oxygen atoms in total. The van der Waals surface area contributed by atoms with Crippen molar-refractivity contribution in [3.63, 3.8) is 0 Å². The SMILES string of the molecule is COc1ccc(CC#N)nc1-c1cccc(Cl)c1Cl. The summed E-state index contributed by atoms with van der Waals surface area (Å²) < 4.78 is 5.28. The van der Waals surface area contributed by atoms with Crippen LogP contribution in [0, 0.1) is 11.3 Å². The van der Waals surface area contributed by atoms with Crippen molar-refractivity contribution >= 4 is 23.2 Å². The minimum atomic E-state index is 0.231. The van der Waals surface area contributed by atoms with Gasteiger partial charge in [0, 0.05) is 5.56 Å². The quantitative estimate of drug-likeness (QED) is 0.854. The van der Waals surface area contributed by atoms with Crippen LogP contribution in [0.15, 0.2) is 30.3 Å². The van der Waals surface area contributed by atoms with Crippen LogP contribution in [0.25, 0.3) is 11.3 Å². The Morgan fingerprint density at radius 3 is 2.74 bits per heavy atom. The van der Waals surface area contributed by atoms with E-state index in [1.165, 1.54) is 0 Å². The van der Waals surface area contributed by atoms with E-state index in [1.807, 2.05) is 6.07 Å². The van der Waals surface area contributed by atoms with E-state index >= 15 is 0 Å². The lowest BCUT2D eigenvalue weighted by Crippen LogP contribution is -1.96. The average molecular weight is 293 g/mol. The molecule has 96 valence electrons. The third-order valence-electron chi connectivity index (χ3n) is 2.60. The zero-order valence-electron chi connectivity index (χ0n) is 10.2. The molecule has 0 atom stereocenters. The number of ether oxygens (including phenoxy) is 1. The molecule has 19 heavy (non-hydrogen) atoms. The fraction of sp³-hybridized carbons (Fsp3) is 0.143. The second-order valence-electron chi connectivity index (χ2n) is 3.79. The normalized spacial score (nSPS) is 10.0. The Kier molecular flexibility index (Phi) is 4.26. The zero-order valence-corrected chi connectivity index (χ0v) is 11.7. The molecule has 0 aliphatic carbocycles. The van der Waals surface area contributed by atoms with Crippen LogP contribution in [0.3, 0.4) is 0 Å². The number of nitriles is 1. The molecule has 2 aromatic rings. The van der Waals surface area contributed by atoms with Crippen molar-refractivity contribution in [2.45, 2.75) is 6.42 Å². The van der Waals surface area contributed by atoms with E-state index < -0.39 is 0 Å². The molecule has 2 rings (SSSR count). The fourth-order valence-electron chi connectivity index (χ4n) is 1.71. The van der Waals surface area contributed by atoms with Crippen LogP contribution in [0.2, 0.25) is 10.0 Å². The van der Waals surface area contributed by atoms with Crippen molar-refractivity contribution in [2.24, 2.45) is 0 Å². The van der Waals surface area contributed by atoms with Crippen LogP contribution in [-0.4, -0.2) is 12.1 Å². The van der Waals surface area contributed by atoms with Gasteiger partial charge in [-0.3, -0.25) is 0 Å². The highest BCUT2D eigenvalue weighted by Crippen LogP contribution is 2.36. The van der Waals surface area contributed by atoms with Gasteiger partial charge >= 0.3 is 0 Å². The summed E-state index contributed by atoms with van der Waals surface area (Å²) in [4.78, 5) is 4.41. The Hall–Kier alpha value is -1.76. The van der Waals surface area contributed by atoms with Gasteiger partial charge in [0.25, 0.3) is 0 Å². The maximum Gasteiger partial charge on any atom is 0.145 e. The minimum Gasteiger partial charge on any atom is -0.494 e. The summed E-state index contributed by atoms with van der Waals surface area (Å²) in [5.74, 6) is 0.589. The predicted molar refractivity (Wildman–Crippen MR) is 75.6 cm³/mol. The summed E-state index contributed by atoms with van der Waals surface area (Å²) >= 11 is 12.2. The highest BCUT2D eigenvalue weighted by Gasteiger charge is 2.14. The van der Waals surface area contributed by atoms with E-state index in [0.717, 1.165) is 0 Å². The Labute approximate surface area is 121 Å². The highest BCUT2D eigenvalue weighted by molar-refractivity contribution is 6.43. The lowest BCUT2D eigenvalue weighted by molar-refractivity contribution is 0.414. The monoisotopic (exact) mass is 292 g/mol. The molecule has 0 aliphatic heterocycles. The van der Waals surface area contributed by atoms with Gasteiger partial charge in [-0.15, -0.1) is 0 Å². The number of rotatable bonds is 3. The van der Waals surface area contributed by atoms with Gasteiger partial charge in [-0.25, -0.2) is 4.98 Å². The first-order valence-electron chi connectivity index (χ1n) is 5.52. The summed E-state index contributed by atoms with van der Waals surface area (Å²) in [6, 6.07) is 10.9. The van der Waals surface area contributed by atoms with Crippen molar-refractivity contribution in [3.05, 3.63) is 46.1 Å². The number of halogens is 2. The molecular formula is C14H10Cl2N2O. The zero-order chi connectivity index (χ0) is 13.8. The molecule has 0 aliphatic rings. The number of nitrogens with zero attached hydrogens (tertiary/aromatic N) is 2. The van der Waals surface area contributed by atoms with Crippen molar-refractivity contribution in [3.8, 4) is 23.1 Å². The van der Waals surface area contributed by atoms with Crippen LogP contribution in [0.5, 0.6) is 5.75 Å². The van der Waals surface area contributed by atoms with Crippen molar-refractivity contribution in [1.82, 2.24) is 4.98 Å². The molecule has 0 spiro atoms. The summed E-state index contributed by atoms with van der Waals surface area (Å²) in [6.45, 7) is 0. The maximum atomic E-state index is 8.74. The Morgan fingerprint density at radius 2 is 2.05 bits per heavy atom. The number of benzene rings is 1. The fourth-order valence-corrected chi connectivity index (χ4v) is 2.10. The van der Waals surface area contributed by atoms with Gasteiger partial charge in [-0.2, -0.15) is 5.26 Å². The van der Waals surface area contributed by atoms with E-state index in [1.54, 1.807) is 31.4 Å². The Balaban J connectivity index is 2.62. The molecule has 0 saturated carbocycles. The largest absolute Gasteiger partial charge is 0.494 e. The first-order valence-corrected chi connectivity index (χ1v) is 6.28. The third kappa shape index (κ3) is 2.81. The molecule has 5 heteroatoms. The molecule has 0 unspecified atom stereocenters. The van der Waals surface area contributed by atoms with E-state index in [9.17, 15) is 0 Å². The Morgan fingerprint density at radius 1 is 1.26 bits per heavy atom. The lowest BCUT2D eigenvalue weighted by atomic mass is 10.1. The van der Waals surface area contributed by atoms with Crippen molar-refractivity contribution in [1.29, 1.82) is 5.26 Å². The molecule has 0 bridgehead atoms. The highest BCUT2D eigenvalue weighted by atomic mass is 35.5. The van der Waals surface area contributed by atoms with Crippen molar-refractivity contribution in [2.75, 3.05) is 7.11 Å². The summed E-state index contributed by atoms with van der Waals surface area (Å²) in [6.07, 6.45) is 0.231. The van der Waals surface area contributed by atoms with Gasteiger partial charge in [0.15, 0.2) is 0 Å². The summed E-state index contributed by atoms with van der Waals surface area (Å²) in [5.41, 5.74) is 1.93. The topological polar surface area (TPSA) is 45.9 Å². The predicted octanol–water partition coefficient (Wildman–Crippen LogP) is 4.13. The van der Waals surface area contributed by atoms with E-state index in [2.05, 4.69) is 11.1 Å². The average Bonchev–Trinajstić information content (AvgIpc) is 2.42. The van der Waals surface area contributed by atoms with E-state index in [-0.39, 0.29) is 6.42 Å². The van der Waals surface area contributed by atoms with E-state index in [4.69, 9.17) is 33.2 Å². The van der Waals surface area contributed by atoms with Gasteiger partial charge in [0.05, 0.1) is 35.3 Å². The molecular weight excluding hydrogens is 283 g/mol. The smallest absolute Gasteiger partial charge is 0.145 e. The van der Waals surface area contributed by atoms with Gasteiger partial charge in [-0.05, 0) is 18.2 Å². The van der Waals surface area contributed by atoms with E-state index in [0.29, 0.717) is 32.7 Å². The number of aromatic nitrogens is 1. The van der Waals surface area contributed by atoms with Gasteiger partial charge in [0.2, 0.25) is 0 Å². The van der Waals surface area contributed by atoms with Crippen LogP contribution >= 0.6 is 23.2 Å². The molecule has 0 radical (unpaired) electrons. The maximum absolute atomic E-state index is 8.74. The van der Waals surface area contributed by atoms with Crippen LogP contribution < -0.4 is 4.74 Å². The summed E-state index contributed by atoms with van der Waals surface area (Å²) in [7, 11) is 1.56. The molecule has 0 N–H and O–H groups in total. The van der Waals surface area contributed by atoms with Gasteiger partial charge < -0.3 is 4.74 Å². The number of methoxy groups -OCH3 is 1. The third-order valence-corrected chi connectivity index (χ3v) is 3.42. The summed E-state index contributed by atoms with van der Waals surface area (Å²) in [5, 5.41) is 9.61. The molecule has 0 saturated heterocycles. The second kappa shape index (κ2) is 5.92. The van der Waals surface area contributed by atoms with Crippen molar-refractivity contribution < 1.29 is 4.74 Å². The molecule has 1 heterocycles. The standard InChI is InChI=1S/C14H10Cl2N2O/c1-19-12-6-5-9(7-8-17)18-14(12)10-3-2-4-11(15)13(10)16/h2-6H,7H2,1H3. The van der Waals surface area contributed by atoms with Crippen LogP contribution in [-0.2, 0) is 6.42 Å². The number of hydrogen-bond acceptors (Lipinski definition) is 3. The Bertz CT molecular complexity index is 650. The van der Waals surface area contributed by atoms with Gasteiger partial charge in [-0.1, -0.05) is 35.3 Å². The molecule has 1 aromatic heterocycles.